The first kappa shape index (κ1) is 24.0. The molecule has 0 bridgehead atoms. The molecule has 0 aromatic heterocycles. The molecule has 178 valence electrons. The third-order valence-electron chi connectivity index (χ3n) is 9.43. The highest BCUT2D eigenvalue weighted by molar-refractivity contribution is 5.38. The van der Waals surface area contributed by atoms with E-state index in [0.717, 1.165) is 17.6 Å². The Kier molecular flexibility index (Phi) is 7.49. The molecule has 4 aliphatic carbocycles. The molecule has 32 heavy (non-hydrogen) atoms. The first-order valence-electron chi connectivity index (χ1n) is 13.1. The van der Waals surface area contributed by atoms with Gasteiger partial charge in [-0.1, -0.05) is 63.1 Å². The topological polar surface area (TPSA) is 60.7 Å². The summed E-state index contributed by atoms with van der Waals surface area (Å²) in [6.07, 6.45) is 19.5. The van der Waals surface area contributed by atoms with Gasteiger partial charge < -0.3 is 15.3 Å². The molecule has 0 amide bonds. The van der Waals surface area contributed by atoms with Gasteiger partial charge in [-0.2, -0.15) is 0 Å². The average Bonchev–Trinajstić information content (AvgIpc) is 3.41. The van der Waals surface area contributed by atoms with Crippen molar-refractivity contribution in [3.63, 3.8) is 0 Å². The molecule has 0 spiro atoms. The number of aliphatic hydroxyl groups excluding tert-OH is 3. The molecular weight excluding hydrogens is 396 g/mol. The second kappa shape index (κ2) is 9.99. The molecule has 0 aromatic carbocycles. The Labute approximate surface area is 195 Å². The van der Waals surface area contributed by atoms with Gasteiger partial charge in [-0.15, -0.1) is 0 Å². The monoisotopic (exact) mass is 440 g/mol. The maximum atomic E-state index is 10.6. The van der Waals surface area contributed by atoms with Crippen LogP contribution in [0.25, 0.3) is 0 Å². The highest BCUT2D eigenvalue weighted by Gasteiger charge is 2.50. The second-order valence-corrected chi connectivity index (χ2v) is 11.4. The van der Waals surface area contributed by atoms with Gasteiger partial charge in [-0.3, -0.25) is 0 Å². The maximum absolute atomic E-state index is 10.6. The standard InChI is InChI=1S/C29H44O3/c1-19(10-15-27(31)22-7-4-5-8-22)25-13-14-26-21(9-6-16-29(25,26)3)11-12-23-17-24(30)18-28(32)20(23)2/h10-12,15,19,22,24-28,30-32H,2,4-9,13-14,16-18H2,1,3H3/b15-10+,21-11?,23-12-/t19?,24-,25-,26+,27?,28+,29-/m1/s1. The molecule has 2 unspecified atom stereocenters. The number of rotatable bonds is 5. The fraction of sp³-hybridized carbons (Fsp3) is 0.724. The smallest absolute Gasteiger partial charge is 0.0811 e. The van der Waals surface area contributed by atoms with E-state index < -0.39 is 12.2 Å². The van der Waals surface area contributed by atoms with E-state index in [1.54, 1.807) is 5.57 Å². The number of aliphatic hydroxyl groups is 3. The number of allylic oxidation sites excluding steroid dienone is 4. The van der Waals surface area contributed by atoms with Crippen LogP contribution in [0.4, 0.5) is 0 Å². The van der Waals surface area contributed by atoms with Crippen LogP contribution in [0.2, 0.25) is 0 Å². The van der Waals surface area contributed by atoms with E-state index in [1.807, 2.05) is 0 Å². The van der Waals surface area contributed by atoms with E-state index in [-0.39, 0.29) is 6.10 Å². The molecule has 4 saturated carbocycles. The van der Waals surface area contributed by atoms with E-state index >= 15 is 0 Å². The minimum Gasteiger partial charge on any atom is -0.393 e. The minimum atomic E-state index is -0.622. The lowest BCUT2D eigenvalue weighted by Gasteiger charge is -2.44. The van der Waals surface area contributed by atoms with Crippen LogP contribution in [0.1, 0.15) is 84.5 Å². The van der Waals surface area contributed by atoms with Crippen molar-refractivity contribution >= 4 is 0 Å². The molecule has 7 atom stereocenters. The Morgan fingerprint density at radius 3 is 2.53 bits per heavy atom. The largest absolute Gasteiger partial charge is 0.393 e. The average molecular weight is 441 g/mol. The molecule has 3 nitrogen and oxygen atoms in total. The van der Waals surface area contributed by atoms with Crippen molar-refractivity contribution in [3.8, 4) is 0 Å². The summed E-state index contributed by atoms with van der Waals surface area (Å²) in [4.78, 5) is 0. The van der Waals surface area contributed by atoms with Crippen molar-refractivity contribution in [3.05, 3.63) is 47.6 Å². The predicted molar refractivity (Wildman–Crippen MR) is 131 cm³/mol. The summed E-state index contributed by atoms with van der Waals surface area (Å²) >= 11 is 0. The van der Waals surface area contributed by atoms with Crippen LogP contribution >= 0.6 is 0 Å². The summed E-state index contributed by atoms with van der Waals surface area (Å²) in [6.45, 7) is 8.92. The van der Waals surface area contributed by atoms with Gasteiger partial charge in [-0.05, 0) is 91.6 Å². The van der Waals surface area contributed by atoms with Gasteiger partial charge in [0.1, 0.15) is 0 Å². The molecule has 0 saturated heterocycles. The normalized spacial score (nSPS) is 41.0. The van der Waals surface area contributed by atoms with Crippen molar-refractivity contribution in [2.45, 2.75) is 103 Å². The SMILES string of the molecule is C=C1/C(=C\C=C2CCC[C@]3(C)[C@@H](C(C)/C=C/C(O)C4CCCC4)CC[C@@H]23)C[C@@H](O)C[C@@H]1O. The van der Waals surface area contributed by atoms with Crippen LogP contribution in [0.5, 0.6) is 0 Å². The Morgan fingerprint density at radius 1 is 1.03 bits per heavy atom. The number of fused-ring (bicyclic) bond motifs is 1. The molecule has 0 heterocycles. The van der Waals surface area contributed by atoms with Gasteiger partial charge in [0, 0.05) is 6.42 Å². The molecule has 0 aliphatic heterocycles. The quantitative estimate of drug-likeness (QED) is 0.469. The lowest BCUT2D eigenvalue weighted by molar-refractivity contribution is 0.0862. The van der Waals surface area contributed by atoms with E-state index in [9.17, 15) is 15.3 Å². The van der Waals surface area contributed by atoms with Crippen molar-refractivity contribution < 1.29 is 15.3 Å². The summed E-state index contributed by atoms with van der Waals surface area (Å²) in [5.41, 5.74) is 3.63. The predicted octanol–water partition coefficient (Wildman–Crippen LogP) is 5.87. The van der Waals surface area contributed by atoms with Gasteiger partial charge >= 0.3 is 0 Å². The fourth-order valence-corrected chi connectivity index (χ4v) is 7.49. The highest BCUT2D eigenvalue weighted by atomic mass is 16.3. The van der Waals surface area contributed by atoms with E-state index in [0.29, 0.717) is 41.9 Å². The molecule has 3 N–H and O–H groups in total. The second-order valence-electron chi connectivity index (χ2n) is 11.4. The first-order chi connectivity index (χ1) is 15.3. The molecular formula is C29H44O3. The van der Waals surface area contributed by atoms with Gasteiger partial charge in [0.2, 0.25) is 0 Å². The van der Waals surface area contributed by atoms with Crippen LogP contribution in [0, 0.1) is 29.1 Å². The Hall–Kier alpha value is -1.16. The van der Waals surface area contributed by atoms with Crippen molar-refractivity contribution in [2.75, 3.05) is 0 Å². The molecule has 4 fully saturated rings. The third-order valence-corrected chi connectivity index (χ3v) is 9.43. The third kappa shape index (κ3) is 4.86. The summed E-state index contributed by atoms with van der Waals surface area (Å²) in [5.74, 6) is 2.22. The van der Waals surface area contributed by atoms with E-state index in [2.05, 4.69) is 44.7 Å². The highest BCUT2D eigenvalue weighted by Crippen LogP contribution is 2.59. The Morgan fingerprint density at radius 2 is 1.78 bits per heavy atom. The minimum absolute atomic E-state index is 0.271. The lowest BCUT2D eigenvalue weighted by atomic mass is 9.61. The van der Waals surface area contributed by atoms with Crippen LogP contribution in [-0.4, -0.2) is 33.6 Å². The van der Waals surface area contributed by atoms with Crippen molar-refractivity contribution in [2.24, 2.45) is 29.1 Å². The number of hydrogen-bond acceptors (Lipinski definition) is 3. The zero-order chi connectivity index (χ0) is 22.9. The van der Waals surface area contributed by atoms with Crippen LogP contribution < -0.4 is 0 Å². The zero-order valence-corrected chi connectivity index (χ0v) is 20.2. The zero-order valence-electron chi connectivity index (χ0n) is 20.2. The van der Waals surface area contributed by atoms with Gasteiger partial charge in [0.15, 0.2) is 0 Å². The summed E-state index contributed by atoms with van der Waals surface area (Å²) in [6, 6.07) is 0. The van der Waals surface area contributed by atoms with Gasteiger partial charge in [0.25, 0.3) is 0 Å². The van der Waals surface area contributed by atoms with Gasteiger partial charge in [0.05, 0.1) is 18.3 Å². The summed E-state index contributed by atoms with van der Waals surface area (Å²) in [5, 5.41) is 30.8. The van der Waals surface area contributed by atoms with Crippen LogP contribution in [0.15, 0.2) is 47.6 Å². The lowest BCUT2D eigenvalue weighted by Crippen LogP contribution is -2.35. The Bertz CT molecular complexity index is 771. The molecule has 3 heteroatoms. The molecule has 0 radical (unpaired) electrons. The summed E-state index contributed by atoms with van der Waals surface area (Å²) in [7, 11) is 0. The first-order valence-corrected chi connectivity index (χ1v) is 13.1. The fourth-order valence-electron chi connectivity index (χ4n) is 7.49. The van der Waals surface area contributed by atoms with Crippen molar-refractivity contribution in [1.82, 2.24) is 0 Å². The van der Waals surface area contributed by atoms with Crippen molar-refractivity contribution in [1.29, 1.82) is 0 Å². The molecule has 4 aliphatic rings. The van der Waals surface area contributed by atoms with E-state index in [4.69, 9.17) is 0 Å². The number of hydrogen-bond donors (Lipinski definition) is 3. The van der Waals surface area contributed by atoms with Crippen LogP contribution in [-0.2, 0) is 0 Å². The summed E-state index contributed by atoms with van der Waals surface area (Å²) < 4.78 is 0. The van der Waals surface area contributed by atoms with Crippen LogP contribution in [0.3, 0.4) is 0 Å². The molecule has 4 rings (SSSR count). The van der Waals surface area contributed by atoms with Gasteiger partial charge in [-0.25, -0.2) is 0 Å². The van der Waals surface area contributed by atoms with E-state index in [1.165, 1.54) is 51.4 Å². The Balaban J connectivity index is 1.46. The maximum Gasteiger partial charge on any atom is 0.0811 e. The molecule has 0 aromatic rings.